The minimum Gasteiger partial charge on any atom is -0.465 e. The number of anilines is 1. The van der Waals surface area contributed by atoms with Gasteiger partial charge in [0.2, 0.25) is 0 Å². The van der Waals surface area contributed by atoms with Crippen molar-refractivity contribution in [1.82, 2.24) is 0 Å². The molecule has 0 aliphatic rings. The Bertz CT molecular complexity index is 616. The van der Waals surface area contributed by atoms with Crippen LogP contribution in [0.5, 0.6) is 0 Å². The van der Waals surface area contributed by atoms with E-state index in [0.29, 0.717) is 11.3 Å². The van der Waals surface area contributed by atoms with Crippen LogP contribution in [0.4, 0.5) is 5.69 Å². The number of ether oxygens (including phenoxy) is 1. The van der Waals surface area contributed by atoms with Gasteiger partial charge in [-0.2, -0.15) is 0 Å². The second kappa shape index (κ2) is 6.12. The van der Waals surface area contributed by atoms with Crippen LogP contribution < -0.4 is 5.73 Å². The molecule has 2 aromatic carbocycles. The van der Waals surface area contributed by atoms with Crippen molar-refractivity contribution < 1.29 is 9.53 Å². The number of carbonyl (C=O) groups excluding carboxylic acids is 1. The van der Waals surface area contributed by atoms with Gasteiger partial charge in [-0.25, -0.2) is 4.79 Å². The zero-order chi connectivity index (χ0) is 13.8. The zero-order valence-electron chi connectivity index (χ0n) is 10.2. The van der Waals surface area contributed by atoms with Crippen molar-refractivity contribution in [3.05, 3.63) is 52.5 Å². The summed E-state index contributed by atoms with van der Waals surface area (Å²) in [5.41, 5.74) is 6.58. The normalized spacial score (nSPS) is 10.2. The third kappa shape index (κ3) is 3.52. The third-order valence-corrected chi connectivity index (χ3v) is 3.93. The number of methoxy groups -OCH3 is 1. The van der Waals surface area contributed by atoms with E-state index in [1.54, 1.807) is 23.9 Å². The molecule has 0 saturated carbocycles. The molecule has 0 amide bonds. The fraction of sp³-hybridized carbons (Fsp3) is 0.0714. The maximum Gasteiger partial charge on any atom is 0.339 e. The van der Waals surface area contributed by atoms with Crippen LogP contribution in [0, 0.1) is 0 Å². The molecule has 0 aliphatic carbocycles. The van der Waals surface area contributed by atoms with E-state index >= 15 is 0 Å². The number of halogens is 1. The number of esters is 1. The molecule has 0 fully saturated rings. The van der Waals surface area contributed by atoms with Crippen LogP contribution in [-0.4, -0.2) is 13.1 Å². The number of benzene rings is 2. The molecule has 0 aliphatic heterocycles. The maximum atomic E-state index is 11.6. The molecule has 0 bridgehead atoms. The highest BCUT2D eigenvalue weighted by molar-refractivity contribution is 9.10. The zero-order valence-corrected chi connectivity index (χ0v) is 12.6. The van der Waals surface area contributed by atoms with Gasteiger partial charge in [-0.15, -0.1) is 0 Å². The monoisotopic (exact) mass is 337 g/mol. The lowest BCUT2D eigenvalue weighted by Crippen LogP contribution is -2.05. The molecular formula is C14H12BrNO2S. The fourth-order valence-electron chi connectivity index (χ4n) is 1.55. The van der Waals surface area contributed by atoms with Crippen LogP contribution in [0.25, 0.3) is 0 Å². The summed E-state index contributed by atoms with van der Waals surface area (Å²) in [7, 11) is 1.34. The molecule has 0 heterocycles. The highest BCUT2D eigenvalue weighted by atomic mass is 79.9. The summed E-state index contributed by atoms with van der Waals surface area (Å²) in [4.78, 5) is 13.6. The van der Waals surface area contributed by atoms with E-state index in [1.165, 1.54) is 7.11 Å². The van der Waals surface area contributed by atoms with Crippen LogP contribution in [-0.2, 0) is 4.74 Å². The molecule has 0 atom stereocenters. The van der Waals surface area contributed by atoms with Gasteiger partial charge in [0.1, 0.15) is 0 Å². The Kier molecular flexibility index (Phi) is 4.50. The first-order valence-electron chi connectivity index (χ1n) is 5.51. The molecule has 0 aromatic heterocycles. The summed E-state index contributed by atoms with van der Waals surface area (Å²) in [5.74, 6) is -0.422. The second-order valence-corrected chi connectivity index (χ2v) is 5.86. The van der Waals surface area contributed by atoms with Gasteiger partial charge in [-0.3, -0.25) is 0 Å². The minimum atomic E-state index is -0.422. The van der Waals surface area contributed by atoms with Crippen LogP contribution in [0.3, 0.4) is 0 Å². The van der Waals surface area contributed by atoms with E-state index in [1.807, 2.05) is 30.3 Å². The molecule has 0 saturated heterocycles. The Morgan fingerprint density at radius 2 is 1.95 bits per heavy atom. The largest absolute Gasteiger partial charge is 0.465 e. The predicted molar refractivity (Wildman–Crippen MR) is 80.5 cm³/mol. The van der Waals surface area contributed by atoms with Crippen molar-refractivity contribution in [2.24, 2.45) is 0 Å². The SMILES string of the molecule is COC(=O)c1cc(Sc2cccc(Br)c2)ccc1N. The first kappa shape index (κ1) is 14.0. The smallest absolute Gasteiger partial charge is 0.339 e. The van der Waals surface area contributed by atoms with E-state index in [-0.39, 0.29) is 0 Å². The average Bonchev–Trinajstić information content (AvgIpc) is 2.40. The number of rotatable bonds is 3. The van der Waals surface area contributed by atoms with Gasteiger partial charge in [0.05, 0.1) is 12.7 Å². The lowest BCUT2D eigenvalue weighted by molar-refractivity contribution is 0.0601. The summed E-state index contributed by atoms with van der Waals surface area (Å²) in [6.45, 7) is 0. The lowest BCUT2D eigenvalue weighted by atomic mass is 10.2. The molecule has 2 aromatic rings. The van der Waals surface area contributed by atoms with Crippen molar-refractivity contribution in [3.8, 4) is 0 Å². The van der Waals surface area contributed by atoms with E-state index < -0.39 is 5.97 Å². The highest BCUT2D eigenvalue weighted by Gasteiger charge is 2.11. The van der Waals surface area contributed by atoms with E-state index in [4.69, 9.17) is 10.5 Å². The molecule has 3 nitrogen and oxygen atoms in total. The summed E-state index contributed by atoms with van der Waals surface area (Å²) >= 11 is 4.99. The third-order valence-electron chi connectivity index (χ3n) is 2.46. The van der Waals surface area contributed by atoms with Crippen LogP contribution >= 0.6 is 27.7 Å². The quantitative estimate of drug-likeness (QED) is 0.680. The average molecular weight is 338 g/mol. The standard InChI is InChI=1S/C14H12BrNO2S/c1-18-14(17)12-8-11(5-6-13(12)16)19-10-4-2-3-9(15)7-10/h2-8H,16H2,1H3. The first-order chi connectivity index (χ1) is 9.10. The predicted octanol–water partition coefficient (Wildman–Crippen LogP) is 3.97. The van der Waals surface area contributed by atoms with Gasteiger partial charge in [-0.05, 0) is 36.4 Å². The Labute approximate surface area is 124 Å². The Hall–Kier alpha value is -1.46. The molecule has 2 rings (SSSR count). The van der Waals surface area contributed by atoms with E-state index in [0.717, 1.165) is 14.3 Å². The molecule has 5 heteroatoms. The van der Waals surface area contributed by atoms with Crippen LogP contribution in [0.15, 0.2) is 56.7 Å². The van der Waals surface area contributed by atoms with Gasteiger partial charge in [-0.1, -0.05) is 33.8 Å². The molecule has 19 heavy (non-hydrogen) atoms. The molecule has 2 N–H and O–H groups in total. The fourth-order valence-corrected chi connectivity index (χ4v) is 3.02. The number of nitrogen functional groups attached to an aromatic ring is 1. The van der Waals surface area contributed by atoms with Gasteiger partial charge >= 0.3 is 5.97 Å². The highest BCUT2D eigenvalue weighted by Crippen LogP contribution is 2.31. The summed E-state index contributed by atoms with van der Waals surface area (Å²) in [6, 6.07) is 13.3. The summed E-state index contributed by atoms with van der Waals surface area (Å²) < 4.78 is 5.72. The minimum absolute atomic E-state index is 0.391. The summed E-state index contributed by atoms with van der Waals surface area (Å²) in [5, 5.41) is 0. The lowest BCUT2D eigenvalue weighted by Gasteiger charge is -2.07. The van der Waals surface area contributed by atoms with Gasteiger partial charge in [0.15, 0.2) is 0 Å². The Balaban J connectivity index is 2.29. The van der Waals surface area contributed by atoms with Crippen molar-refractivity contribution in [2.75, 3.05) is 12.8 Å². The maximum absolute atomic E-state index is 11.6. The Morgan fingerprint density at radius 3 is 2.63 bits per heavy atom. The van der Waals surface area contributed by atoms with E-state index in [2.05, 4.69) is 15.9 Å². The molecule has 0 radical (unpaired) electrons. The van der Waals surface area contributed by atoms with Crippen molar-refractivity contribution >= 4 is 39.3 Å². The van der Waals surface area contributed by atoms with Crippen molar-refractivity contribution in [1.29, 1.82) is 0 Å². The van der Waals surface area contributed by atoms with Crippen LogP contribution in [0.2, 0.25) is 0 Å². The van der Waals surface area contributed by atoms with Gasteiger partial charge in [0, 0.05) is 20.0 Å². The number of hydrogen-bond donors (Lipinski definition) is 1. The van der Waals surface area contributed by atoms with Gasteiger partial charge in [0.25, 0.3) is 0 Å². The van der Waals surface area contributed by atoms with Gasteiger partial charge < -0.3 is 10.5 Å². The Morgan fingerprint density at radius 1 is 1.21 bits per heavy atom. The number of hydrogen-bond acceptors (Lipinski definition) is 4. The molecule has 98 valence electrons. The van der Waals surface area contributed by atoms with Crippen LogP contribution in [0.1, 0.15) is 10.4 Å². The topological polar surface area (TPSA) is 52.3 Å². The second-order valence-electron chi connectivity index (χ2n) is 3.80. The first-order valence-corrected chi connectivity index (χ1v) is 7.12. The molecular weight excluding hydrogens is 326 g/mol. The summed E-state index contributed by atoms with van der Waals surface area (Å²) in [6.07, 6.45) is 0. The number of carbonyl (C=O) groups is 1. The number of nitrogens with two attached hydrogens (primary N) is 1. The van der Waals surface area contributed by atoms with Crippen molar-refractivity contribution in [2.45, 2.75) is 9.79 Å². The van der Waals surface area contributed by atoms with Crippen molar-refractivity contribution in [3.63, 3.8) is 0 Å². The molecule has 0 unspecified atom stereocenters. The molecule has 0 spiro atoms. The van der Waals surface area contributed by atoms with E-state index in [9.17, 15) is 4.79 Å².